The highest BCUT2D eigenvalue weighted by atomic mass is 79.9. The summed E-state index contributed by atoms with van der Waals surface area (Å²) < 4.78 is 6.22. The van der Waals surface area contributed by atoms with Crippen LogP contribution in [0.5, 0.6) is 5.75 Å². The van der Waals surface area contributed by atoms with Gasteiger partial charge in [-0.1, -0.05) is 28.1 Å². The third-order valence-electron chi connectivity index (χ3n) is 4.89. The molecule has 2 amide bonds. The summed E-state index contributed by atoms with van der Waals surface area (Å²) in [5, 5.41) is 0. The number of rotatable bonds is 3. The monoisotopic (exact) mass is 425 g/mol. The Morgan fingerprint density at radius 3 is 2.00 bits per heavy atom. The summed E-state index contributed by atoms with van der Waals surface area (Å²) in [5.74, 6) is -0.942. The highest BCUT2D eigenvalue weighted by molar-refractivity contribution is 9.10. The minimum atomic E-state index is -0.499. The van der Waals surface area contributed by atoms with Crippen LogP contribution >= 0.6 is 15.9 Å². The predicted molar refractivity (Wildman–Crippen MR) is 103 cm³/mol. The third kappa shape index (κ3) is 3.32. The zero-order valence-electron chi connectivity index (χ0n) is 14.3. The Morgan fingerprint density at radius 2 is 1.44 bits per heavy atom. The zero-order chi connectivity index (χ0) is 19.0. The molecule has 0 spiro atoms. The Bertz CT molecular complexity index is 908. The van der Waals surface area contributed by atoms with Gasteiger partial charge in [0.2, 0.25) is 11.8 Å². The Kier molecular flexibility index (Phi) is 4.66. The highest BCUT2D eigenvalue weighted by Gasteiger charge is 2.47. The summed E-state index contributed by atoms with van der Waals surface area (Å²) in [6.07, 6.45) is 5.11. The van der Waals surface area contributed by atoms with Crippen molar-refractivity contribution in [2.24, 2.45) is 11.8 Å². The second kappa shape index (κ2) is 7.12. The van der Waals surface area contributed by atoms with Crippen LogP contribution in [-0.4, -0.2) is 17.8 Å². The van der Waals surface area contributed by atoms with E-state index in [0.717, 1.165) is 4.47 Å². The number of anilines is 1. The zero-order valence-corrected chi connectivity index (χ0v) is 15.9. The number of fused-ring (bicyclic) bond motifs is 1. The standard InChI is InChI=1S/C21H16BrNO4/c22-14-7-11-16(12-8-14)27-21(26)13-5-9-15(10-6-13)23-19(24)17-3-1-2-4-18(17)20(23)25/h1-2,5-12,17-18H,3-4H2/t17-,18+. The first-order valence-corrected chi connectivity index (χ1v) is 9.44. The molecule has 2 atom stereocenters. The van der Waals surface area contributed by atoms with Crippen LogP contribution in [0.4, 0.5) is 5.69 Å². The minimum Gasteiger partial charge on any atom is -0.423 e. The molecule has 0 bridgehead atoms. The van der Waals surface area contributed by atoms with Crippen molar-refractivity contribution in [3.63, 3.8) is 0 Å². The maximum absolute atomic E-state index is 12.6. The number of allylic oxidation sites excluding steroid dienone is 2. The van der Waals surface area contributed by atoms with E-state index in [2.05, 4.69) is 15.9 Å². The average Bonchev–Trinajstić information content (AvgIpc) is 2.95. The molecule has 2 aromatic carbocycles. The number of carbonyl (C=O) groups excluding carboxylic acids is 3. The number of nitrogens with zero attached hydrogens (tertiary/aromatic N) is 1. The van der Waals surface area contributed by atoms with Crippen LogP contribution in [0.2, 0.25) is 0 Å². The number of halogens is 1. The van der Waals surface area contributed by atoms with E-state index in [1.54, 1.807) is 48.5 Å². The maximum atomic E-state index is 12.6. The molecule has 27 heavy (non-hydrogen) atoms. The Morgan fingerprint density at radius 1 is 0.889 bits per heavy atom. The lowest BCUT2D eigenvalue weighted by molar-refractivity contribution is -0.122. The molecule has 0 unspecified atom stereocenters. The number of esters is 1. The van der Waals surface area contributed by atoms with Crippen molar-refractivity contribution >= 4 is 39.4 Å². The van der Waals surface area contributed by atoms with E-state index < -0.39 is 5.97 Å². The topological polar surface area (TPSA) is 63.7 Å². The lowest BCUT2D eigenvalue weighted by Crippen LogP contribution is -2.30. The highest BCUT2D eigenvalue weighted by Crippen LogP contribution is 2.37. The third-order valence-corrected chi connectivity index (χ3v) is 5.42. The Balaban J connectivity index is 1.50. The van der Waals surface area contributed by atoms with Gasteiger partial charge in [0.05, 0.1) is 23.1 Å². The van der Waals surface area contributed by atoms with E-state index in [1.165, 1.54) is 4.90 Å². The van der Waals surface area contributed by atoms with Crippen LogP contribution in [0.1, 0.15) is 23.2 Å². The SMILES string of the molecule is O=C(Oc1ccc(Br)cc1)c1ccc(N2C(=O)[C@H]3CC=CC[C@H]3C2=O)cc1. The normalized spacial score (nSPS) is 21.3. The number of hydrogen-bond donors (Lipinski definition) is 0. The molecular formula is C21H16BrNO4. The van der Waals surface area contributed by atoms with Gasteiger partial charge >= 0.3 is 5.97 Å². The molecule has 1 fully saturated rings. The molecule has 2 aromatic rings. The molecule has 136 valence electrons. The van der Waals surface area contributed by atoms with E-state index in [-0.39, 0.29) is 23.7 Å². The van der Waals surface area contributed by atoms with E-state index in [9.17, 15) is 14.4 Å². The van der Waals surface area contributed by atoms with E-state index in [4.69, 9.17) is 4.74 Å². The first-order valence-electron chi connectivity index (χ1n) is 8.65. The molecule has 1 heterocycles. The molecule has 1 saturated heterocycles. The summed E-state index contributed by atoms with van der Waals surface area (Å²) in [4.78, 5) is 38.7. The number of hydrogen-bond acceptors (Lipinski definition) is 4. The first-order chi connectivity index (χ1) is 13.0. The molecular weight excluding hydrogens is 410 g/mol. The van der Waals surface area contributed by atoms with Crippen molar-refractivity contribution in [3.8, 4) is 5.75 Å². The number of amides is 2. The molecule has 6 heteroatoms. The number of ether oxygens (including phenoxy) is 1. The molecule has 4 rings (SSSR count). The quantitative estimate of drug-likeness (QED) is 0.321. The first kappa shape index (κ1) is 17.7. The fourth-order valence-corrected chi connectivity index (χ4v) is 3.73. The summed E-state index contributed by atoms with van der Waals surface area (Å²) in [7, 11) is 0. The van der Waals surface area contributed by atoms with E-state index in [1.807, 2.05) is 12.2 Å². The van der Waals surface area contributed by atoms with Crippen molar-refractivity contribution in [3.05, 3.63) is 70.7 Å². The van der Waals surface area contributed by atoms with Crippen LogP contribution in [0, 0.1) is 11.8 Å². The number of carbonyl (C=O) groups is 3. The fourth-order valence-electron chi connectivity index (χ4n) is 3.47. The molecule has 2 aliphatic rings. The predicted octanol–water partition coefficient (Wildman–Crippen LogP) is 4.12. The molecule has 1 aliphatic heterocycles. The van der Waals surface area contributed by atoms with Gasteiger partial charge in [0.1, 0.15) is 5.75 Å². The molecule has 0 N–H and O–H groups in total. The fraction of sp³-hybridized carbons (Fsp3) is 0.190. The van der Waals surface area contributed by atoms with Crippen molar-refractivity contribution in [2.45, 2.75) is 12.8 Å². The van der Waals surface area contributed by atoms with Crippen LogP contribution in [0.25, 0.3) is 0 Å². The smallest absolute Gasteiger partial charge is 0.343 e. The van der Waals surface area contributed by atoms with Gasteiger partial charge in [0.15, 0.2) is 0 Å². The largest absolute Gasteiger partial charge is 0.423 e. The van der Waals surface area contributed by atoms with Crippen molar-refractivity contribution in [1.82, 2.24) is 0 Å². The molecule has 5 nitrogen and oxygen atoms in total. The average molecular weight is 426 g/mol. The molecule has 1 aliphatic carbocycles. The van der Waals surface area contributed by atoms with Gasteiger partial charge in [-0.05, 0) is 61.4 Å². The lowest BCUT2D eigenvalue weighted by Gasteiger charge is -2.15. The van der Waals surface area contributed by atoms with Crippen LogP contribution < -0.4 is 9.64 Å². The van der Waals surface area contributed by atoms with Crippen molar-refractivity contribution in [2.75, 3.05) is 4.90 Å². The second-order valence-electron chi connectivity index (χ2n) is 6.56. The lowest BCUT2D eigenvalue weighted by atomic mass is 9.85. The molecule has 0 radical (unpaired) electrons. The summed E-state index contributed by atoms with van der Waals surface area (Å²) in [6.45, 7) is 0. The van der Waals surface area contributed by atoms with Crippen molar-refractivity contribution < 1.29 is 19.1 Å². The number of imide groups is 1. The van der Waals surface area contributed by atoms with Crippen LogP contribution in [-0.2, 0) is 9.59 Å². The van der Waals surface area contributed by atoms with Gasteiger partial charge in [0, 0.05) is 4.47 Å². The van der Waals surface area contributed by atoms with Crippen molar-refractivity contribution in [1.29, 1.82) is 0 Å². The van der Waals surface area contributed by atoms with Crippen LogP contribution in [0.15, 0.2) is 65.2 Å². The maximum Gasteiger partial charge on any atom is 0.343 e. The molecule has 0 saturated carbocycles. The molecule has 0 aromatic heterocycles. The number of benzene rings is 2. The van der Waals surface area contributed by atoms with E-state index in [0.29, 0.717) is 29.8 Å². The van der Waals surface area contributed by atoms with Gasteiger partial charge in [-0.2, -0.15) is 0 Å². The van der Waals surface area contributed by atoms with Gasteiger partial charge in [-0.25, -0.2) is 4.79 Å². The summed E-state index contributed by atoms with van der Waals surface area (Å²) >= 11 is 3.32. The van der Waals surface area contributed by atoms with Gasteiger partial charge in [-0.15, -0.1) is 0 Å². The Hall–Kier alpha value is -2.73. The Labute approximate surface area is 164 Å². The minimum absolute atomic E-state index is 0.167. The van der Waals surface area contributed by atoms with E-state index >= 15 is 0 Å². The summed E-state index contributed by atoms with van der Waals surface area (Å²) in [5.41, 5.74) is 0.833. The van der Waals surface area contributed by atoms with Gasteiger partial charge in [0.25, 0.3) is 0 Å². The van der Waals surface area contributed by atoms with Gasteiger partial charge < -0.3 is 4.74 Å². The van der Waals surface area contributed by atoms with Gasteiger partial charge in [-0.3, -0.25) is 14.5 Å². The summed E-state index contributed by atoms with van der Waals surface area (Å²) in [6, 6.07) is 13.3. The van der Waals surface area contributed by atoms with Crippen LogP contribution in [0.3, 0.4) is 0 Å². The second-order valence-corrected chi connectivity index (χ2v) is 7.47.